The molecule has 3 rings (SSSR count). The molecule has 0 bridgehead atoms. The van der Waals surface area contributed by atoms with Crippen molar-refractivity contribution < 1.29 is 4.79 Å². The highest BCUT2D eigenvalue weighted by atomic mass is 35.5. The number of carbonyl (C=O) groups excluding carboxylic acids is 1. The second-order valence-corrected chi connectivity index (χ2v) is 6.47. The van der Waals surface area contributed by atoms with Crippen LogP contribution in [0.5, 0.6) is 0 Å². The summed E-state index contributed by atoms with van der Waals surface area (Å²) in [6.45, 7) is 4.41. The summed E-state index contributed by atoms with van der Waals surface area (Å²) in [6.07, 6.45) is 4.31. The van der Waals surface area contributed by atoms with Crippen molar-refractivity contribution in [1.82, 2.24) is 20.2 Å². The molecule has 1 saturated heterocycles. The maximum absolute atomic E-state index is 12.1. The Bertz CT molecular complexity index is 672. The summed E-state index contributed by atoms with van der Waals surface area (Å²) < 4.78 is 0. The highest BCUT2D eigenvalue weighted by Gasteiger charge is 2.20. The number of hydrogen-bond acceptors (Lipinski definition) is 5. The normalized spacial score (nSPS) is 15.2. The van der Waals surface area contributed by atoms with Gasteiger partial charge in [0.25, 0.3) is 0 Å². The van der Waals surface area contributed by atoms with Crippen LogP contribution in [0.4, 0.5) is 5.95 Å². The summed E-state index contributed by atoms with van der Waals surface area (Å²) in [5.74, 6) is 0.827. The van der Waals surface area contributed by atoms with Crippen LogP contribution in [0.1, 0.15) is 5.56 Å². The molecule has 25 heavy (non-hydrogen) atoms. The number of nitrogens with zero attached hydrogens (tertiary/aromatic N) is 4. The van der Waals surface area contributed by atoms with Gasteiger partial charge in [-0.2, -0.15) is 0 Å². The lowest BCUT2D eigenvalue weighted by atomic mass is 10.1. The van der Waals surface area contributed by atoms with E-state index in [1.54, 1.807) is 12.4 Å². The fourth-order valence-corrected chi connectivity index (χ4v) is 2.94. The number of halogens is 1. The third-order valence-electron chi connectivity index (χ3n) is 4.22. The molecular formula is C18H22ClN5O. The first-order valence-electron chi connectivity index (χ1n) is 8.46. The fourth-order valence-electron chi connectivity index (χ4n) is 2.82. The van der Waals surface area contributed by atoms with Gasteiger partial charge in [0.2, 0.25) is 11.9 Å². The largest absolute Gasteiger partial charge is 0.355 e. The molecule has 2 aromatic rings. The second-order valence-electron chi connectivity index (χ2n) is 6.04. The molecule has 0 aliphatic carbocycles. The maximum atomic E-state index is 12.1. The minimum atomic E-state index is 0.0679. The molecule has 1 N–H and O–H groups in total. The molecule has 0 saturated carbocycles. The minimum absolute atomic E-state index is 0.0679. The van der Waals surface area contributed by atoms with E-state index in [9.17, 15) is 4.79 Å². The van der Waals surface area contributed by atoms with Gasteiger partial charge >= 0.3 is 0 Å². The molecule has 0 atom stereocenters. The zero-order valence-corrected chi connectivity index (χ0v) is 14.8. The van der Waals surface area contributed by atoms with Crippen molar-refractivity contribution in [3.63, 3.8) is 0 Å². The van der Waals surface area contributed by atoms with Crippen LogP contribution in [0.25, 0.3) is 0 Å². The molecule has 0 radical (unpaired) electrons. The topological polar surface area (TPSA) is 61.4 Å². The zero-order chi connectivity index (χ0) is 17.5. The van der Waals surface area contributed by atoms with Crippen molar-refractivity contribution >= 4 is 23.5 Å². The lowest BCUT2D eigenvalue weighted by molar-refractivity contribution is -0.122. The van der Waals surface area contributed by atoms with Crippen LogP contribution in [0.15, 0.2) is 42.7 Å². The third-order valence-corrected chi connectivity index (χ3v) is 4.48. The Kier molecular flexibility index (Phi) is 6.19. The van der Waals surface area contributed by atoms with Gasteiger partial charge in [-0.3, -0.25) is 9.69 Å². The van der Waals surface area contributed by atoms with Gasteiger partial charge in [0.15, 0.2) is 0 Å². The predicted octanol–water partition coefficient (Wildman–Crippen LogP) is 1.61. The van der Waals surface area contributed by atoms with E-state index < -0.39 is 0 Å². The van der Waals surface area contributed by atoms with E-state index in [1.165, 1.54) is 5.56 Å². The predicted molar refractivity (Wildman–Crippen MR) is 98.9 cm³/mol. The smallest absolute Gasteiger partial charge is 0.234 e. The lowest BCUT2D eigenvalue weighted by Gasteiger charge is -2.34. The van der Waals surface area contributed by atoms with Gasteiger partial charge < -0.3 is 10.2 Å². The van der Waals surface area contributed by atoms with Crippen LogP contribution in [0.2, 0.25) is 5.02 Å². The number of nitrogens with one attached hydrogen (secondary N) is 1. The van der Waals surface area contributed by atoms with Crippen LogP contribution in [-0.2, 0) is 11.2 Å². The van der Waals surface area contributed by atoms with Crippen LogP contribution in [-0.4, -0.2) is 60.0 Å². The quantitative estimate of drug-likeness (QED) is 0.849. The molecule has 1 aromatic heterocycles. The molecule has 0 unspecified atom stereocenters. The van der Waals surface area contributed by atoms with Crippen molar-refractivity contribution in [1.29, 1.82) is 0 Å². The molecule has 1 aliphatic rings. The summed E-state index contributed by atoms with van der Waals surface area (Å²) in [4.78, 5) is 25.0. The first kappa shape index (κ1) is 17.6. The number of rotatable bonds is 6. The van der Waals surface area contributed by atoms with E-state index in [1.807, 2.05) is 30.3 Å². The number of hydrogen-bond donors (Lipinski definition) is 1. The summed E-state index contributed by atoms with van der Waals surface area (Å²) in [6, 6.07) is 9.52. The average Bonchev–Trinajstić information content (AvgIpc) is 2.65. The zero-order valence-electron chi connectivity index (χ0n) is 14.1. The van der Waals surface area contributed by atoms with Gasteiger partial charge in [0, 0.05) is 50.1 Å². The van der Waals surface area contributed by atoms with Crippen molar-refractivity contribution in [3.8, 4) is 0 Å². The fraction of sp³-hybridized carbons (Fsp3) is 0.389. The van der Waals surface area contributed by atoms with Crippen molar-refractivity contribution in [3.05, 3.63) is 53.3 Å². The van der Waals surface area contributed by atoms with E-state index in [0.29, 0.717) is 13.1 Å². The Balaban J connectivity index is 1.35. The molecule has 0 spiro atoms. The Morgan fingerprint density at radius 3 is 2.44 bits per heavy atom. The Hall–Kier alpha value is -2.18. The monoisotopic (exact) mass is 359 g/mol. The second kappa shape index (κ2) is 8.78. The Morgan fingerprint density at radius 1 is 1.08 bits per heavy atom. The minimum Gasteiger partial charge on any atom is -0.355 e. The van der Waals surface area contributed by atoms with Crippen molar-refractivity contribution in [2.75, 3.05) is 44.2 Å². The van der Waals surface area contributed by atoms with E-state index in [2.05, 4.69) is 25.1 Å². The molecule has 1 fully saturated rings. The molecule has 7 heteroatoms. The number of amides is 1. The van der Waals surface area contributed by atoms with Crippen LogP contribution >= 0.6 is 11.6 Å². The summed E-state index contributed by atoms with van der Waals surface area (Å²) in [7, 11) is 0. The van der Waals surface area contributed by atoms with Gasteiger partial charge in [-0.05, 0) is 30.2 Å². The Labute approximate surface area is 152 Å². The molecule has 132 valence electrons. The van der Waals surface area contributed by atoms with Crippen molar-refractivity contribution in [2.24, 2.45) is 0 Å². The molecular weight excluding hydrogens is 338 g/mol. The van der Waals surface area contributed by atoms with Gasteiger partial charge in [-0.1, -0.05) is 23.7 Å². The summed E-state index contributed by atoms with van der Waals surface area (Å²) in [5, 5.41) is 3.71. The summed E-state index contributed by atoms with van der Waals surface area (Å²) in [5.41, 5.74) is 1.17. The first-order valence-corrected chi connectivity index (χ1v) is 8.84. The van der Waals surface area contributed by atoms with Gasteiger partial charge in [0.1, 0.15) is 0 Å². The van der Waals surface area contributed by atoms with E-state index in [-0.39, 0.29) is 5.91 Å². The number of anilines is 1. The molecule has 6 nitrogen and oxygen atoms in total. The molecule has 2 heterocycles. The van der Waals surface area contributed by atoms with E-state index in [4.69, 9.17) is 11.6 Å². The number of carbonyl (C=O) groups is 1. The van der Waals surface area contributed by atoms with Gasteiger partial charge in [-0.25, -0.2) is 9.97 Å². The molecule has 1 amide bonds. The molecule has 1 aromatic carbocycles. The van der Waals surface area contributed by atoms with Crippen LogP contribution in [0, 0.1) is 0 Å². The summed E-state index contributed by atoms with van der Waals surface area (Å²) >= 11 is 5.87. The Morgan fingerprint density at radius 2 is 1.76 bits per heavy atom. The van der Waals surface area contributed by atoms with Gasteiger partial charge in [0.05, 0.1) is 6.54 Å². The average molecular weight is 360 g/mol. The number of benzene rings is 1. The lowest BCUT2D eigenvalue weighted by Crippen LogP contribution is -2.50. The van der Waals surface area contributed by atoms with Crippen LogP contribution in [0.3, 0.4) is 0 Å². The molecule has 1 aliphatic heterocycles. The SMILES string of the molecule is O=C(CN1CCN(c2ncccn2)CC1)NCCc1ccc(Cl)cc1. The number of piperazine rings is 1. The van der Waals surface area contributed by atoms with Crippen LogP contribution < -0.4 is 10.2 Å². The maximum Gasteiger partial charge on any atom is 0.234 e. The van der Waals surface area contributed by atoms with Gasteiger partial charge in [-0.15, -0.1) is 0 Å². The van der Waals surface area contributed by atoms with E-state index in [0.717, 1.165) is 43.6 Å². The highest BCUT2D eigenvalue weighted by Crippen LogP contribution is 2.10. The highest BCUT2D eigenvalue weighted by molar-refractivity contribution is 6.30. The number of aromatic nitrogens is 2. The standard InChI is InChI=1S/C18H22ClN5O/c19-16-4-2-15(3-5-16)6-9-20-17(25)14-23-10-12-24(13-11-23)18-21-7-1-8-22-18/h1-5,7-8H,6,9-14H2,(H,20,25). The van der Waals surface area contributed by atoms with Crippen molar-refractivity contribution in [2.45, 2.75) is 6.42 Å². The first-order chi connectivity index (χ1) is 12.2. The van der Waals surface area contributed by atoms with E-state index >= 15 is 0 Å². The third kappa shape index (κ3) is 5.41.